The molecule has 2 saturated heterocycles. The van der Waals surface area contributed by atoms with E-state index < -0.39 is 59.9 Å². The van der Waals surface area contributed by atoms with Crippen molar-refractivity contribution in [3.63, 3.8) is 0 Å². The normalized spacial score (nSPS) is 16.2. The Labute approximate surface area is 324 Å². The Morgan fingerprint density at radius 2 is 1.55 bits per heavy atom. The molecule has 1 aromatic heterocycles. The molecule has 3 aromatic carbocycles. The number of nitrogens with zero attached hydrogens (tertiary/aromatic N) is 5. The fourth-order valence-corrected chi connectivity index (χ4v) is 7.04. The van der Waals surface area contributed by atoms with Gasteiger partial charge in [0.1, 0.15) is 29.7 Å². The summed E-state index contributed by atoms with van der Waals surface area (Å²) in [4.78, 5) is 62.2. The van der Waals surface area contributed by atoms with E-state index in [0.717, 1.165) is 29.3 Å². The molecule has 6 rings (SSSR count). The first kappa shape index (κ1) is 39.9. The van der Waals surface area contributed by atoms with E-state index in [1.165, 1.54) is 11.8 Å². The summed E-state index contributed by atoms with van der Waals surface area (Å²) >= 11 is 0. The molecule has 296 valence electrons. The molecule has 56 heavy (non-hydrogen) atoms. The fraction of sp³-hybridized carbons (Fsp3) is 0.405. The SMILES string of the molecule is CC(=O)OCC(=O)N(C[C@H]1CCN(C(=O)OC(C)(C)C)C1)C(c1nc(-c2cc(F)ccc2F)cn1Cc1ccccc1)C1CN(C(=O)OCc2ccccc2)C1. The van der Waals surface area contributed by atoms with E-state index in [1.54, 1.807) is 36.8 Å². The number of likely N-dealkylation sites (tertiary alicyclic amines) is 2. The van der Waals surface area contributed by atoms with Gasteiger partial charge in [0.2, 0.25) is 0 Å². The van der Waals surface area contributed by atoms with Crippen molar-refractivity contribution in [3.05, 3.63) is 114 Å². The number of rotatable bonds is 12. The molecule has 12 nitrogen and oxygen atoms in total. The molecule has 2 atom stereocenters. The van der Waals surface area contributed by atoms with E-state index in [1.807, 2.05) is 65.2 Å². The molecule has 2 fully saturated rings. The van der Waals surface area contributed by atoms with E-state index in [2.05, 4.69) is 0 Å². The minimum absolute atomic E-state index is 0.0573. The third kappa shape index (κ3) is 10.1. The number of benzene rings is 3. The van der Waals surface area contributed by atoms with E-state index in [9.17, 15) is 23.6 Å². The van der Waals surface area contributed by atoms with Crippen molar-refractivity contribution < 1.29 is 42.2 Å². The van der Waals surface area contributed by atoms with Gasteiger partial charge in [0.15, 0.2) is 6.61 Å². The van der Waals surface area contributed by atoms with Crippen LogP contribution in [0, 0.1) is 23.5 Å². The van der Waals surface area contributed by atoms with Gasteiger partial charge in [-0.3, -0.25) is 9.59 Å². The standard InChI is InChI=1S/C42H47F2N5O7/c1-28(50)54-27-37(51)49(22-31-17-18-46(21-31)41(53)56-42(2,3)4)38(32-23-48(24-32)40(52)55-26-30-13-9-6-10-14-30)39-45-36(34-19-33(43)15-16-35(34)44)25-47(39)20-29-11-7-5-8-12-29/h5-16,19,25,31-32,38H,17-18,20-24,26-27H2,1-4H3/t31-,38?/m0/s1. The first-order valence-corrected chi connectivity index (χ1v) is 18.7. The second-order valence-corrected chi connectivity index (χ2v) is 15.3. The van der Waals surface area contributed by atoms with Gasteiger partial charge < -0.3 is 33.5 Å². The summed E-state index contributed by atoms with van der Waals surface area (Å²) in [5.41, 5.74) is 1.12. The lowest BCUT2D eigenvalue weighted by Crippen LogP contribution is -2.57. The third-order valence-corrected chi connectivity index (χ3v) is 9.74. The zero-order valence-electron chi connectivity index (χ0n) is 32.0. The minimum atomic E-state index is -0.833. The number of amides is 3. The second-order valence-electron chi connectivity index (χ2n) is 15.3. The van der Waals surface area contributed by atoms with E-state index in [0.29, 0.717) is 25.3 Å². The summed E-state index contributed by atoms with van der Waals surface area (Å²) in [5, 5.41) is 0. The van der Waals surface area contributed by atoms with Gasteiger partial charge in [0.25, 0.3) is 5.91 Å². The minimum Gasteiger partial charge on any atom is -0.456 e. The number of carbonyl (C=O) groups excluding carboxylic acids is 4. The van der Waals surface area contributed by atoms with Gasteiger partial charge in [-0.05, 0) is 62.4 Å². The lowest BCUT2D eigenvalue weighted by atomic mass is 9.88. The predicted molar refractivity (Wildman–Crippen MR) is 202 cm³/mol. The van der Waals surface area contributed by atoms with Gasteiger partial charge in [0.05, 0.1) is 11.7 Å². The molecule has 3 amide bonds. The number of esters is 1. The fourth-order valence-electron chi connectivity index (χ4n) is 7.04. The summed E-state index contributed by atoms with van der Waals surface area (Å²) in [6.07, 6.45) is 1.20. The van der Waals surface area contributed by atoms with Crippen LogP contribution in [0.5, 0.6) is 0 Å². The van der Waals surface area contributed by atoms with Crippen molar-refractivity contribution in [2.45, 2.75) is 58.9 Å². The highest BCUT2D eigenvalue weighted by Crippen LogP contribution is 2.38. The lowest BCUT2D eigenvalue weighted by Gasteiger charge is -2.46. The monoisotopic (exact) mass is 771 g/mol. The van der Waals surface area contributed by atoms with Crippen molar-refractivity contribution in [1.29, 1.82) is 0 Å². The Balaban J connectivity index is 1.38. The summed E-state index contributed by atoms with van der Waals surface area (Å²) < 4.78 is 48.1. The lowest BCUT2D eigenvalue weighted by molar-refractivity contribution is -0.153. The predicted octanol–water partition coefficient (Wildman–Crippen LogP) is 6.84. The Bertz CT molecular complexity index is 2010. The summed E-state index contributed by atoms with van der Waals surface area (Å²) in [6, 6.07) is 21.1. The summed E-state index contributed by atoms with van der Waals surface area (Å²) in [6.45, 7) is 7.60. The van der Waals surface area contributed by atoms with Crippen LogP contribution in [0.15, 0.2) is 85.1 Å². The highest BCUT2D eigenvalue weighted by atomic mass is 19.1. The number of aromatic nitrogens is 2. The van der Waals surface area contributed by atoms with Crippen LogP contribution < -0.4 is 0 Å². The van der Waals surface area contributed by atoms with Gasteiger partial charge in [-0.25, -0.2) is 23.4 Å². The highest BCUT2D eigenvalue weighted by molar-refractivity contribution is 5.81. The molecular weight excluding hydrogens is 724 g/mol. The Kier molecular flexibility index (Phi) is 12.4. The maximum absolute atomic E-state index is 15.3. The molecule has 0 radical (unpaired) electrons. The molecular formula is C42H47F2N5O7. The molecule has 3 heterocycles. The second kappa shape index (κ2) is 17.3. The van der Waals surface area contributed by atoms with Gasteiger partial charge in [0, 0.05) is 63.9 Å². The van der Waals surface area contributed by atoms with Crippen molar-refractivity contribution in [3.8, 4) is 11.3 Å². The van der Waals surface area contributed by atoms with Crippen molar-refractivity contribution in [1.82, 2.24) is 24.3 Å². The molecule has 0 spiro atoms. The smallest absolute Gasteiger partial charge is 0.410 e. The first-order chi connectivity index (χ1) is 26.7. The molecule has 4 aromatic rings. The Hall–Kier alpha value is -5.79. The number of hydrogen-bond acceptors (Lipinski definition) is 8. The topological polar surface area (TPSA) is 124 Å². The maximum atomic E-state index is 15.3. The average molecular weight is 772 g/mol. The molecule has 0 saturated carbocycles. The van der Waals surface area contributed by atoms with Gasteiger partial charge >= 0.3 is 18.2 Å². The number of ether oxygens (including phenoxy) is 3. The largest absolute Gasteiger partial charge is 0.456 e. The number of halogens is 2. The van der Waals surface area contributed by atoms with Crippen molar-refractivity contribution >= 4 is 24.1 Å². The van der Waals surface area contributed by atoms with Crippen molar-refractivity contribution in [2.75, 3.05) is 39.3 Å². The maximum Gasteiger partial charge on any atom is 0.410 e. The zero-order chi connectivity index (χ0) is 40.0. The van der Waals surface area contributed by atoms with Gasteiger partial charge in [-0.1, -0.05) is 60.7 Å². The molecule has 0 N–H and O–H groups in total. The Morgan fingerprint density at radius 3 is 2.21 bits per heavy atom. The number of hydrogen-bond donors (Lipinski definition) is 0. The van der Waals surface area contributed by atoms with E-state index in [-0.39, 0.29) is 50.0 Å². The quantitative estimate of drug-likeness (QED) is 0.113. The zero-order valence-corrected chi connectivity index (χ0v) is 32.0. The van der Waals surface area contributed by atoms with Crippen LogP contribution in [0.25, 0.3) is 11.3 Å². The van der Waals surface area contributed by atoms with Crippen LogP contribution in [0.3, 0.4) is 0 Å². The van der Waals surface area contributed by atoms with Crippen LogP contribution in [-0.4, -0.2) is 93.2 Å². The number of carbonyl (C=O) groups is 4. The van der Waals surface area contributed by atoms with Crippen LogP contribution >= 0.6 is 0 Å². The molecule has 2 aliphatic heterocycles. The molecule has 0 aliphatic carbocycles. The Morgan fingerprint density at radius 1 is 0.875 bits per heavy atom. The van der Waals surface area contributed by atoms with Crippen LogP contribution in [0.1, 0.15) is 57.1 Å². The molecule has 2 aliphatic rings. The van der Waals surface area contributed by atoms with Crippen LogP contribution in [-0.2, 0) is 37.0 Å². The molecule has 1 unspecified atom stereocenters. The summed E-state index contributed by atoms with van der Waals surface area (Å²) in [5.74, 6) is -2.70. The summed E-state index contributed by atoms with van der Waals surface area (Å²) in [7, 11) is 0. The highest BCUT2D eigenvalue weighted by Gasteiger charge is 2.45. The van der Waals surface area contributed by atoms with Gasteiger partial charge in [-0.2, -0.15) is 0 Å². The van der Waals surface area contributed by atoms with Crippen molar-refractivity contribution in [2.24, 2.45) is 11.8 Å². The van der Waals surface area contributed by atoms with E-state index in [4.69, 9.17) is 19.2 Å². The van der Waals surface area contributed by atoms with Crippen LogP contribution in [0.4, 0.5) is 18.4 Å². The molecule has 0 bridgehead atoms. The van der Waals surface area contributed by atoms with Crippen LogP contribution in [0.2, 0.25) is 0 Å². The van der Waals surface area contributed by atoms with E-state index >= 15 is 4.39 Å². The average Bonchev–Trinajstić information content (AvgIpc) is 3.79. The third-order valence-electron chi connectivity index (χ3n) is 9.74. The van der Waals surface area contributed by atoms with Gasteiger partial charge in [-0.15, -0.1) is 0 Å². The number of imidazole rings is 1. The molecule has 14 heteroatoms. The first-order valence-electron chi connectivity index (χ1n) is 18.7.